The summed E-state index contributed by atoms with van der Waals surface area (Å²) in [6.07, 6.45) is 0.949. The minimum absolute atomic E-state index is 0.446. The van der Waals surface area contributed by atoms with Crippen LogP contribution in [0.3, 0.4) is 0 Å². The highest BCUT2D eigenvalue weighted by atomic mass is 79.9. The van der Waals surface area contributed by atoms with E-state index in [2.05, 4.69) is 37.9 Å². The second-order valence-electron chi connectivity index (χ2n) is 4.87. The van der Waals surface area contributed by atoms with Crippen molar-refractivity contribution in [2.75, 3.05) is 6.61 Å². The van der Waals surface area contributed by atoms with E-state index in [-0.39, 0.29) is 0 Å². The topological polar surface area (TPSA) is 44.5 Å². The Labute approximate surface area is 140 Å². The molecule has 5 heteroatoms. The van der Waals surface area contributed by atoms with Gasteiger partial charge in [0.15, 0.2) is 0 Å². The maximum absolute atomic E-state index is 6.00. The molecule has 1 aliphatic rings. The highest BCUT2D eigenvalue weighted by Gasteiger charge is 2.18. The zero-order valence-corrected chi connectivity index (χ0v) is 14.5. The molecule has 0 saturated heterocycles. The number of nitrogens with two attached hydrogens (primary N) is 1. The summed E-state index contributed by atoms with van der Waals surface area (Å²) < 4.78 is 13.7. The standard InChI is InChI=1S/C16H15Br2NO2/c17-13-6-10-4-5-20-15(10)12(7-13)9-21-16-11(8-19)2-1-3-14(16)18/h1-3,6-7H,4-5,8-9,19H2. The molecule has 3 rings (SSSR count). The van der Waals surface area contributed by atoms with E-state index in [4.69, 9.17) is 15.2 Å². The fourth-order valence-electron chi connectivity index (χ4n) is 2.48. The first kappa shape index (κ1) is 14.9. The van der Waals surface area contributed by atoms with Crippen molar-refractivity contribution in [1.82, 2.24) is 0 Å². The molecule has 1 heterocycles. The lowest BCUT2D eigenvalue weighted by molar-refractivity contribution is 0.288. The van der Waals surface area contributed by atoms with Gasteiger partial charge in [-0.15, -0.1) is 0 Å². The van der Waals surface area contributed by atoms with E-state index in [0.717, 1.165) is 44.6 Å². The van der Waals surface area contributed by atoms with E-state index in [9.17, 15) is 0 Å². The second kappa shape index (κ2) is 6.38. The monoisotopic (exact) mass is 411 g/mol. The first-order valence-corrected chi connectivity index (χ1v) is 8.32. The third-order valence-electron chi connectivity index (χ3n) is 3.47. The van der Waals surface area contributed by atoms with Crippen LogP contribution in [0.25, 0.3) is 0 Å². The maximum Gasteiger partial charge on any atom is 0.138 e. The predicted octanol–water partition coefficient (Wildman–Crippen LogP) is 4.18. The number of ether oxygens (including phenoxy) is 2. The first-order valence-electron chi connectivity index (χ1n) is 6.73. The van der Waals surface area contributed by atoms with Crippen LogP contribution < -0.4 is 15.2 Å². The van der Waals surface area contributed by atoms with Crippen molar-refractivity contribution in [1.29, 1.82) is 0 Å². The van der Waals surface area contributed by atoms with Crippen molar-refractivity contribution >= 4 is 31.9 Å². The minimum atomic E-state index is 0.446. The average molecular weight is 413 g/mol. The third kappa shape index (κ3) is 3.10. The van der Waals surface area contributed by atoms with Crippen LogP contribution in [-0.4, -0.2) is 6.61 Å². The Bertz CT molecular complexity index is 674. The quantitative estimate of drug-likeness (QED) is 0.818. The van der Waals surface area contributed by atoms with Gasteiger partial charge in [-0.05, 0) is 39.7 Å². The molecule has 110 valence electrons. The molecule has 2 N–H and O–H groups in total. The molecular formula is C16H15Br2NO2. The summed E-state index contributed by atoms with van der Waals surface area (Å²) in [5, 5.41) is 0. The van der Waals surface area contributed by atoms with Crippen LogP contribution in [0.5, 0.6) is 11.5 Å². The largest absolute Gasteiger partial charge is 0.493 e. The van der Waals surface area contributed by atoms with E-state index in [0.29, 0.717) is 13.2 Å². The Kier molecular flexibility index (Phi) is 4.52. The summed E-state index contributed by atoms with van der Waals surface area (Å²) in [7, 11) is 0. The summed E-state index contributed by atoms with van der Waals surface area (Å²) in [5.41, 5.74) is 9.04. The lowest BCUT2D eigenvalue weighted by atomic mass is 10.1. The number of hydrogen-bond acceptors (Lipinski definition) is 3. The van der Waals surface area contributed by atoms with Gasteiger partial charge in [-0.2, -0.15) is 0 Å². The molecular weight excluding hydrogens is 398 g/mol. The number of rotatable bonds is 4. The van der Waals surface area contributed by atoms with Gasteiger partial charge in [0, 0.05) is 28.6 Å². The summed E-state index contributed by atoms with van der Waals surface area (Å²) in [4.78, 5) is 0. The third-order valence-corrected chi connectivity index (χ3v) is 4.55. The van der Waals surface area contributed by atoms with E-state index >= 15 is 0 Å². The van der Waals surface area contributed by atoms with Crippen LogP contribution in [0.1, 0.15) is 16.7 Å². The van der Waals surface area contributed by atoms with E-state index in [1.165, 1.54) is 5.56 Å². The summed E-state index contributed by atoms with van der Waals surface area (Å²) in [5.74, 6) is 1.76. The van der Waals surface area contributed by atoms with Crippen LogP contribution in [0.4, 0.5) is 0 Å². The van der Waals surface area contributed by atoms with Crippen LogP contribution >= 0.6 is 31.9 Å². The Morgan fingerprint density at radius 1 is 1.19 bits per heavy atom. The van der Waals surface area contributed by atoms with Crippen molar-refractivity contribution in [2.45, 2.75) is 19.6 Å². The van der Waals surface area contributed by atoms with E-state index in [1.807, 2.05) is 24.3 Å². The molecule has 21 heavy (non-hydrogen) atoms. The maximum atomic E-state index is 6.00. The number of fused-ring (bicyclic) bond motifs is 1. The Balaban J connectivity index is 1.86. The number of halogens is 2. The molecule has 0 radical (unpaired) electrons. The van der Waals surface area contributed by atoms with Gasteiger partial charge in [0.05, 0.1) is 11.1 Å². The van der Waals surface area contributed by atoms with Crippen LogP contribution in [0, 0.1) is 0 Å². The molecule has 2 aromatic rings. The summed E-state index contributed by atoms with van der Waals surface area (Å²) >= 11 is 7.06. The van der Waals surface area contributed by atoms with Gasteiger partial charge in [0.2, 0.25) is 0 Å². The molecule has 0 fully saturated rings. The van der Waals surface area contributed by atoms with Crippen molar-refractivity contribution in [2.24, 2.45) is 5.73 Å². The zero-order chi connectivity index (χ0) is 14.8. The van der Waals surface area contributed by atoms with Gasteiger partial charge in [-0.25, -0.2) is 0 Å². The highest BCUT2D eigenvalue weighted by Crippen LogP contribution is 2.35. The lowest BCUT2D eigenvalue weighted by Crippen LogP contribution is -2.04. The summed E-state index contributed by atoms with van der Waals surface area (Å²) in [6.45, 7) is 1.64. The van der Waals surface area contributed by atoms with Gasteiger partial charge < -0.3 is 15.2 Å². The molecule has 0 unspecified atom stereocenters. The molecule has 0 saturated carbocycles. The molecule has 0 aliphatic carbocycles. The smallest absolute Gasteiger partial charge is 0.138 e. The number of benzene rings is 2. The van der Waals surface area contributed by atoms with Gasteiger partial charge >= 0.3 is 0 Å². The number of hydrogen-bond donors (Lipinski definition) is 1. The SMILES string of the molecule is NCc1cccc(Br)c1OCc1cc(Br)cc2c1OCC2. The first-order chi connectivity index (χ1) is 10.2. The normalized spacial score (nSPS) is 12.9. The van der Waals surface area contributed by atoms with E-state index < -0.39 is 0 Å². The zero-order valence-electron chi connectivity index (χ0n) is 11.4. The molecule has 3 nitrogen and oxygen atoms in total. The Hall–Kier alpha value is -1.04. The van der Waals surface area contributed by atoms with Gasteiger partial charge in [0.25, 0.3) is 0 Å². The lowest BCUT2D eigenvalue weighted by Gasteiger charge is -2.14. The highest BCUT2D eigenvalue weighted by molar-refractivity contribution is 9.10. The van der Waals surface area contributed by atoms with Crippen molar-refractivity contribution < 1.29 is 9.47 Å². The minimum Gasteiger partial charge on any atom is -0.493 e. The second-order valence-corrected chi connectivity index (χ2v) is 6.64. The number of para-hydroxylation sites is 1. The molecule has 0 atom stereocenters. The van der Waals surface area contributed by atoms with Gasteiger partial charge in [0.1, 0.15) is 18.1 Å². The van der Waals surface area contributed by atoms with Crippen LogP contribution in [0.2, 0.25) is 0 Å². The average Bonchev–Trinajstić information content (AvgIpc) is 2.93. The molecule has 2 aromatic carbocycles. The van der Waals surface area contributed by atoms with Crippen molar-refractivity contribution in [3.63, 3.8) is 0 Å². The Morgan fingerprint density at radius 2 is 2.05 bits per heavy atom. The van der Waals surface area contributed by atoms with Gasteiger partial charge in [-0.1, -0.05) is 28.1 Å². The van der Waals surface area contributed by atoms with E-state index in [1.54, 1.807) is 0 Å². The fraction of sp³-hybridized carbons (Fsp3) is 0.250. The molecule has 1 aliphatic heterocycles. The molecule has 0 spiro atoms. The van der Waals surface area contributed by atoms with Crippen molar-refractivity contribution in [3.05, 3.63) is 56.0 Å². The molecule has 0 bridgehead atoms. The predicted molar refractivity (Wildman–Crippen MR) is 89.7 cm³/mol. The molecule has 0 amide bonds. The van der Waals surface area contributed by atoms with Crippen molar-refractivity contribution in [3.8, 4) is 11.5 Å². The van der Waals surface area contributed by atoms with Gasteiger partial charge in [-0.3, -0.25) is 0 Å². The fourth-order valence-corrected chi connectivity index (χ4v) is 3.55. The summed E-state index contributed by atoms with van der Waals surface area (Å²) in [6, 6.07) is 10.0. The van der Waals surface area contributed by atoms with Crippen LogP contribution in [-0.2, 0) is 19.6 Å². The van der Waals surface area contributed by atoms with Crippen LogP contribution in [0.15, 0.2) is 39.3 Å². The molecule has 0 aromatic heterocycles. The Morgan fingerprint density at radius 3 is 2.86 bits per heavy atom.